The first-order valence-corrected chi connectivity index (χ1v) is 9.97. The molecule has 148 valence electrons. The number of para-hydroxylation sites is 2. The van der Waals surface area contributed by atoms with Crippen molar-refractivity contribution >= 4 is 16.9 Å². The standard InChI is InChI=1S/C23H29N3O2/c1-18-9-8-10-19(17-18)23(27)24-14-7-3-4-13-22-25-20-11-5-6-12-21(20)26(22)15-16-28-2/h5-6,8-12,17H,3-4,7,13-16H2,1-2H3,(H,24,27). The van der Waals surface area contributed by atoms with Crippen molar-refractivity contribution in [2.45, 2.75) is 39.2 Å². The minimum atomic E-state index is 0.00468. The van der Waals surface area contributed by atoms with Crippen LogP contribution < -0.4 is 5.32 Å². The number of rotatable bonds is 10. The number of carbonyl (C=O) groups is 1. The Morgan fingerprint density at radius 2 is 1.96 bits per heavy atom. The van der Waals surface area contributed by atoms with Gasteiger partial charge >= 0.3 is 0 Å². The van der Waals surface area contributed by atoms with E-state index in [2.05, 4.69) is 22.0 Å². The predicted octanol–water partition coefficient (Wildman–Crippen LogP) is 4.13. The second-order valence-corrected chi connectivity index (χ2v) is 7.10. The van der Waals surface area contributed by atoms with Gasteiger partial charge in [0.2, 0.25) is 0 Å². The molecule has 0 saturated heterocycles. The van der Waals surface area contributed by atoms with Gasteiger partial charge in [-0.1, -0.05) is 36.2 Å². The van der Waals surface area contributed by atoms with Crippen molar-refractivity contribution in [3.05, 3.63) is 65.5 Å². The number of nitrogens with zero attached hydrogens (tertiary/aromatic N) is 2. The molecule has 3 rings (SSSR count). The van der Waals surface area contributed by atoms with Gasteiger partial charge < -0.3 is 14.6 Å². The molecule has 0 unspecified atom stereocenters. The van der Waals surface area contributed by atoms with E-state index < -0.39 is 0 Å². The van der Waals surface area contributed by atoms with Crippen molar-refractivity contribution in [2.24, 2.45) is 0 Å². The molecule has 0 aliphatic heterocycles. The maximum absolute atomic E-state index is 12.2. The number of hydrogen-bond acceptors (Lipinski definition) is 3. The molecule has 1 heterocycles. The van der Waals surface area contributed by atoms with Gasteiger partial charge in [-0.25, -0.2) is 4.98 Å². The van der Waals surface area contributed by atoms with Gasteiger partial charge in [0.05, 0.1) is 17.6 Å². The molecule has 1 N–H and O–H groups in total. The molecule has 0 bridgehead atoms. The molecule has 0 radical (unpaired) electrons. The molecule has 0 fully saturated rings. The van der Waals surface area contributed by atoms with Crippen LogP contribution >= 0.6 is 0 Å². The van der Waals surface area contributed by atoms with E-state index in [0.717, 1.165) is 54.7 Å². The number of methoxy groups -OCH3 is 1. The Morgan fingerprint density at radius 1 is 1.11 bits per heavy atom. The van der Waals surface area contributed by atoms with E-state index in [1.54, 1.807) is 7.11 Å². The van der Waals surface area contributed by atoms with Crippen molar-refractivity contribution in [3.63, 3.8) is 0 Å². The number of amides is 1. The first-order valence-electron chi connectivity index (χ1n) is 9.97. The second-order valence-electron chi connectivity index (χ2n) is 7.10. The molecule has 0 aliphatic rings. The molecule has 1 aromatic heterocycles. The molecule has 1 amide bonds. The summed E-state index contributed by atoms with van der Waals surface area (Å²) in [5, 5.41) is 3.01. The zero-order valence-corrected chi connectivity index (χ0v) is 16.8. The highest BCUT2D eigenvalue weighted by molar-refractivity contribution is 5.94. The largest absolute Gasteiger partial charge is 0.383 e. The van der Waals surface area contributed by atoms with E-state index >= 15 is 0 Å². The van der Waals surface area contributed by atoms with Crippen LogP contribution in [0, 0.1) is 6.92 Å². The van der Waals surface area contributed by atoms with Crippen LogP contribution in [0.3, 0.4) is 0 Å². The molecular weight excluding hydrogens is 350 g/mol. The summed E-state index contributed by atoms with van der Waals surface area (Å²) >= 11 is 0. The number of nitrogens with one attached hydrogen (secondary N) is 1. The summed E-state index contributed by atoms with van der Waals surface area (Å²) in [4.78, 5) is 17.0. The molecule has 28 heavy (non-hydrogen) atoms. The highest BCUT2D eigenvalue weighted by Gasteiger charge is 2.10. The number of carbonyl (C=O) groups excluding carboxylic acids is 1. The predicted molar refractivity (Wildman–Crippen MR) is 113 cm³/mol. The Morgan fingerprint density at radius 3 is 2.79 bits per heavy atom. The first-order chi connectivity index (χ1) is 13.7. The van der Waals surface area contributed by atoms with Gasteiger partial charge in [0, 0.05) is 32.2 Å². The van der Waals surface area contributed by atoms with Crippen LogP contribution in [-0.4, -0.2) is 35.7 Å². The third kappa shape index (κ3) is 5.20. The molecule has 0 aliphatic carbocycles. The molecule has 5 heteroatoms. The zero-order chi connectivity index (χ0) is 19.8. The van der Waals surface area contributed by atoms with Gasteiger partial charge in [0.15, 0.2) is 0 Å². The van der Waals surface area contributed by atoms with Crippen molar-refractivity contribution in [1.82, 2.24) is 14.9 Å². The zero-order valence-electron chi connectivity index (χ0n) is 16.8. The quantitative estimate of drug-likeness (QED) is 0.539. The van der Waals surface area contributed by atoms with Crippen LogP contribution in [0.15, 0.2) is 48.5 Å². The van der Waals surface area contributed by atoms with E-state index in [-0.39, 0.29) is 5.91 Å². The van der Waals surface area contributed by atoms with Crippen molar-refractivity contribution < 1.29 is 9.53 Å². The van der Waals surface area contributed by atoms with Crippen LogP contribution in [0.25, 0.3) is 11.0 Å². The third-order valence-electron chi connectivity index (χ3n) is 4.90. The smallest absolute Gasteiger partial charge is 0.251 e. The van der Waals surface area contributed by atoms with Gasteiger partial charge in [-0.2, -0.15) is 0 Å². The lowest BCUT2D eigenvalue weighted by Crippen LogP contribution is -2.24. The number of unbranched alkanes of at least 4 members (excludes halogenated alkanes) is 2. The Balaban J connectivity index is 1.45. The maximum Gasteiger partial charge on any atom is 0.251 e. The van der Waals surface area contributed by atoms with Gasteiger partial charge in [-0.3, -0.25) is 4.79 Å². The van der Waals surface area contributed by atoms with E-state index in [1.807, 2.05) is 43.3 Å². The average Bonchev–Trinajstić information content (AvgIpc) is 3.06. The van der Waals surface area contributed by atoms with Crippen molar-refractivity contribution in [1.29, 1.82) is 0 Å². The summed E-state index contributed by atoms with van der Waals surface area (Å²) in [6.45, 7) is 4.20. The Hall–Kier alpha value is -2.66. The minimum Gasteiger partial charge on any atom is -0.383 e. The lowest BCUT2D eigenvalue weighted by atomic mass is 10.1. The fraction of sp³-hybridized carbons (Fsp3) is 0.391. The van der Waals surface area contributed by atoms with Crippen LogP contribution in [0.4, 0.5) is 0 Å². The summed E-state index contributed by atoms with van der Waals surface area (Å²) in [5.74, 6) is 1.12. The SMILES string of the molecule is COCCn1c(CCCCCNC(=O)c2cccc(C)c2)nc2ccccc21. The Kier molecular flexibility index (Phi) is 7.20. The summed E-state index contributed by atoms with van der Waals surface area (Å²) in [6.07, 6.45) is 4.01. The topological polar surface area (TPSA) is 56.1 Å². The second kappa shape index (κ2) is 10.0. The van der Waals surface area contributed by atoms with Crippen LogP contribution in [0.2, 0.25) is 0 Å². The normalized spacial score (nSPS) is 11.1. The number of aromatic nitrogens is 2. The van der Waals surface area contributed by atoms with E-state index in [1.165, 1.54) is 5.52 Å². The molecule has 0 saturated carbocycles. The van der Waals surface area contributed by atoms with E-state index in [9.17, 15) is 4.79 Å². The monoisotopic (exact) mass is 379 g/mol. The summed E-state index contributed by atoms with van der Waals surface area (Å²) in [7, 11) is 1.73. The van der Waals surface area contributed by atoms with Crippen molar-refractivity contribution in [2.75, 3.05) is 20.3 Å². The van der Waals surface area contributed by atoms with Gasteiger partial charge in [-0.15, -0.1) is 0 Å². The van der Waals surface area contributed by atoms with Gasteiger partial charge in [-0.05, 0) is 44.0 Å². The van der Waals surface area contributed by atoms with Crippen molar-refractivity contribution in [3.8, 4) is 0 Å². The summed E-state index contributed by atoms with van der Waals surface area (Å²) in [5.41, 5.74) is 4.04. The van der Waals surface area contributed by atoms with Crippen LogP contribution in [0.5, 0.6) is 0 Å². The Bertz CT molecular complexity index is 917. The van der Waals surface area contributed by atoms with Crippen LogP contribution in [-0.2, 0) is 17.7 Å². The molecule has 2 aromatic carbocycles. The number of aryl methyl sites for hydroxylation is 2. The number of benzene rings is 2. The third-order valence-corrected chi connectivity index (χ3v) is 4.90. The average molecular weight is 380 g/mol. The fourth-order valence-electron chi connectivity index (χ4n) is 3.42. The highest BCUT2D eigenvalue weighted by atomic mass is 16.5. The van der Waals surface area contributed by atoms with Gasteiger partial charge in [0.1, 0.15) is 5.82 Å². The fourth-order valence-corrected chi connectivity index (χ4v) is 3.42. The molecule has 3 aromatic rings. The van der Waals surface area contributed by atoms with E-state index in [0.29, 0.717) is 13.2 Å². The molecular formula is C23H29N3O2. The Labute approximate surface area is 166 Å². The molecule has 0 atom stereocenters. The number of imidazole rings is 1. The lowest BCUT2D eigenvalue weighted by molar-refractivity contribution is 0.0953. The summed E-state index contributed by atoms with van der Waals surface area (Å²) < 4.78 is 7.52. The number of fused-ring (bicyclic) bond motifs is 1. The minimum absolute atomic E-state index is 0.00468. The first kappa shape index (κ1) is 20.1. The lowest BCUT2D eigenvalue weighted by Gasteiger charge is -2.09. The summed E-state index contributed by atoms with van der Waals surface area (Å²) in [6, 6.07) is 15.9. The molecule has 5 nitrogen and oxygen atoms in total. The number of ether oxygens (including phenoxy) is 1. The molecule has 0 spiro atoms. The number of hydrogen-bond donors (Lipinski definition) is 1. The maximum atomic E-state index is 12.2. The van der Waals surface area contributed by atoms with E-state index in [4.69, 9.17) is 9.72 Å². The highest BCUT2D eigenvalue weighted by Crippen LogP contribution is 2.17. The van der Waals surface area contributed by atoms with Gasteiger partial charge in [0.25, 0.3) is 5.91 Å². The van der Waals surface area contributed by atoms with Crippen LogP contribution in [0.1, 0.15) is 41.0 Å².